The van der Waals surface area contributed by atoms with Gasteiger partial charge in [0.2, 0.25) is 5.91 Å². The van der Waals surface area contributed by atoms with Crippen molar-refractivity contribution in [3.63, 3.8) is 0 Å². The highest BCUT2D eigenvalue weighted by Crippen LogP contribution is 2.40. The van der Waals surface area contributed by atoms with E-state index in [0.29, 0.717) is 48.3 Å². The van der Waals surface area contributed by atoms with Gasteiger partial charge in [0.05, 0.1) is 20.3 Å². The van der Waals surface area contributed by atoms with Crippen LogP contribution in [0.5, 0.6) is 23.0 Å². The first-order chi connectivity index (χ1) is 17.4. The minimum atomic E-state index is -1.33. The van der Waals surface area contributed by atoms with Crippen LogP contribution in [0.3, 0.4) is 0 Å². The number of likely N-dealkylation sites (tertiary alicyclic amines) is 1. The van der Waals surface area contributed by atoms with Gasteiger partial charge in [0.25, 0.3) is 5.91 Å². The quantitative estimate of drug-likeness (QED) is 0.614. The summed E-state index contributed by atoms with van der Waals surface area (Å²) >= 11 is 0. The number of nitrogens with zero attached hydrogens (tertiary/aromatic N) is 2. The zero-order valence-corrected chi connectivity index (χ0v) is 20.5. The van der Waals surface area contributed by atoms with E-state index in [9.17, 15) is 14.4 Å². The van der Waals surface area contributed by atoms with E-state index < -0.39 is 17.5 Å². The molecule has 2 saturated heterocycles. The van der Waals surface area contributed by atoms with Crippen molar-refractivity contribution in [1.29, 1.82) is 0 Å². The third-order valence-electron chi connectivity index (χ3n) is 7.06. The standard InChI is InChI=1S/C26H29N3O7/c1-26(16-6-8-21-22(13-16)36-12-11-35-21)24(31)29(25(32)27-26)15-23(30)28-10-4-5-19(28)18-14-17(33-2)7-9-20(18)34-3/h6-9,13-14,19H,4-5,10-12,15H2,1-3H3,(H,27,32)/t19-,26+/m1/s1. The fourth-order valence-electron chi connectivity index (χ4n) is 5.11. The Morgan fingerprint density at radius 1 is 1.08 bits per heavy atom. The van der Waals surface area contributed by atoms with Crippen molar-refractivity contribution in [2.24, 2.45) is 0 Å². The number of fused-ring (bicyclic) bond motifs is 1. The molecule has 190 valence electrons. The predicted molar refractivity (Wildman–Crippen MR) is 128 cm³/mol. The lowest BCUT2D eigenvalue weighted by atomic mass is 9.91. The maximum Gasteiger partial charge on any atom is 0.325 e. The van der Waals surface area contributed by atoms with Crippen LogP contribution < -0.4 is 24.3 Å². The first kappa shape index (κ1) is 23.8. The normalized spacial score (nSPS) is 23.0. The minimum Gasteiger partial charge on any atom is -0.497 e. The van der Waals surface area contributed by atoms with E-state index in [1.807, 2.05) is 12.1 Å². The Labute approximate surface area is 209 Å². The molecule has 2 fully saturated rings. The summed E-state index contributed by atoms with van der Waals surface area (Å²) < 4.78 is 22.1. The van der Waals surface area contributed by atoms with E-state index in [0.717, 1.165) is 23.3 Å². The number of nitrogens with one attached hydrogen (secondary N) is 1. The Morgan fingerprint density at radius 2 is 1.86 bits per heavy atom. The van der Waals surface area contributed by atoms with Crippen LogP contribution in [0.2, 0.25) is 0 Å². The fraction of sp³-hybridized carbons (Fsp3) is 0.423. The maximum absolute atomic E-state index is 13.5. The summed E-state index contributed by atoms with van der Waals surface area (Å²) in [6.07, 6.45) is 1.54. The number of hydrogen-bond donors (Lipinski definition) is 1. The summed E-state index contributed by atoms with van der Waals surface area (Å²) in [6.45, 7) is 2.65. The van der Waals surface area contributed by atoms with Crippen LogP contribution in [0.4, 0.5) is 4.79 Å². The lowest BCUT2D eigenvalue weighted by molar-refractivity contribution is -0.139. The number of rotatable bonds is 6. The molecule has 0 aliphatic carbocycles. The van der Waals surface area contributed by atoms with Crippen LogP contribution in [0.15, 0.2) is 36.4 Å². The van der Waals surface area contributed by atoms with E-state index in [2.05, 4.69) is 5.32 Å². The Kier molecular flexibility index (Phi) is 6.11. The molecule has 0 saturated carbocycles. The summed E-state index contributed by atoms with van der Waals surface area (Å²) in [5.74, 6) is 1.62. The van der Waals surface area contributed by atoms with Gasteiger partial charge in [0, 0.05) is 12.1 Å². The molecule has 3 heterocycles. The average Bonchev–Trinajstić information content (AvgIpc) is 3.47. The smallest absolute Gasteiger partial charge is 0.325 e. The number of carbonyl (C=O) groups excluding carboxylic acids is 3. The third-order valence-corrected chi connectivity index (χ3v) is 7.06. The zero-order valence-electron chi connectivity index (χ0n) is 20.5. The van der Waals surface area contributed by atoms with Crippen molar-refractivity contribution in [3.8, 4) is 23.0 Å². The monoisotopic (exact) mass is 495 g/mol. The van der Waals surface area contributed by atoms with Gasteiger partial charge in [-0.3, -0.25) is 14.5 Å². The van der Waals surface area contributed by atoms with Crippen molar-refractivity contribution in [2.45, 2.75) is 31.3 Å². The molecule has 0 unspecified atom stereocenters. The molecule has 4 amide bonds. The second-order valence-electron chi connectivity index (χ2n) is 9.16. The molecular formula is C26H29N3O7. The van der Waals surface area contributed by atoms with Crippen molar-refractivity contribution in [3.05, 3.63) is 47.5 Å². The minimum absolute atomic E-state index is 0.243. The number of ether oxygens (including phenoxy) is 4. The molecule has 0 bridgehead atoms. The molecule has 2 aromatic rings. The van der Waals surface area contributed by atoms with Gasteiger partial charge < -0.3 is 29.2 Å². The molecule has 0 radical (unpaired) electrons. The zero-order chi connectivity index (χ0) is 25.4. The number of imide groups is 1. The molecule has 10 heteroatoms. The van der Waals surface area contributed by atoms with Gasteiger partial charge in [0.15, 0.2) is 11.5 Å². The van der Waals surface area contributed by atoms with Gasteiger partial charge in [-0.05, 0) is 55.7 Å². The highest BCUT2D eigenvalue weighted by Gasteiger charge is 2.50. The van der Waals surface area contributed by atoms with Crippen LogP contribution in [0.1, 0.15) is 36.9 Å². The van der Waals surface area contributed by atoms with Crippen molar-refractivity contribution >= 4 is 17.8 Å². The molecule has 2 atom stereocenters. The Morgan fingerprint density at radius 3 is 2.61 bits per heavy atom. The molecule has 5 rings (SSSR count). The number of benzene rings is 2. The second-order valence-corrected chi connectivity index (χ2v) is 9.16. The molecule has 2 aromatic carbocycles. The van der Waals surface area contributed by atoms with E-state index in [1.165, 1.54) is 0 Å². The molecule has 0 spiro atoms. The summed E-state index contributed by atoms with van der Waals surface area (Å²) in [7, 11) is 3.16. The average molecular weight is 496 g/mol. The molecule has 3 aliphatic rings. The van der Waals surface area contributed by atoms with Gasteiger partial charge >= 0.3 is 6.03 Å². The SMILES string of the molecule is COc1ccc(OC)c([C@H]2CCCN2C(=O)CN2C(=O)N[C@@](C)(c3ccc4c(c3)OCCO4)C2=O)c1. The fourth-order valence-corrected chi connectivity index (χ4v) is 5.11. The van der Waals surface area contributed by atoms with Crippen molar-refractivity contribution in [2.75, 3.05) is 40.5 Å². The van der Waals surface area contributed by atoms with Crippen molar-refractivity contribution < 1.29 is 33.3 Å². The summed E-state index contributed by atoms with van der Waals surface area (Å²) in [5.41, 5.74) is 0.0643. The molecule has 3 aliphatic heterocycles. The third kappa shape index (κ3) is 3.96. The largest absolute Gasteiger partial charge is 0.497 e. The van der Waals surface area contributed by atoms with Gasteiger partial charge in [-0.25, -0.2) is 4.79 Å². The van der Waals surface area contributed by atoms with E-state index in [-0.39, 0.29) is 18.5 Å². The topological polar surface area (TPSA) is 107 Å². The number of urea groups is 1. The highest BCUT2D eigenvalue weighted by molar-refractivity contribution is 6.09. The number of hydrogen-bond acceptors (Lipinski definition) is 7. The number of carbonyl (C=O) groups is 3. The van der Waals surface area contributed by atoms with Crippen LogP contribution in [0, 0.1) is 0 Å². The lowest BCUT2D eigenvalue weighted by Crippen LogP contribution is -2.44. The van der Waals surface area contributed by atoms with Crippen LogP contribution in [-0.4, -0.2) is 68.2 Å². The van der Waals surface area contributed by atoms with Crippen LogP contribution >= 0.6 is 0 Å². The van der Waals surface area contributed by atoms with Crippen LogP contribution in [-0.2, 0) is 15.1 Å². The Balaban J connectivity index is 1.36. The maximum atomic E-state index is 13.5. The highest BCUT2D eigenvalue weighted by atomic mass is 16.6. The number of amides is 4. The van der Waals surface area contributed by atoms with Crippen molar-refractivity contribution in [1.82, 2.24) is 15.1 Å². The van der Waals surface area contributed by atoms with Gasteiger partial charge in [-0.15, -0.1) is 0 Å². The van der Waals surface area contributed by atoms with E-state index in [1.54, 1.807) is 50.3 Å². The number of methoxy groups -OCH3 is 2. The summed E-state index contributed by atoms with van der Waals surface area (Å²) in [4.78, 5) is 42.4. The Hall–Kier alpha value is -3.95. The summed E-state index contributed by atoms with van der Waals surface area (Å²) in [5, 5.41) is 2.76. The Bertz CT molecular complexity index is 1220. The summed E-state index contributed by atoms with van der Waals surface area (Å²) in [6, 6.07) is 9.76. The van der Waals surface area contributed by atoms with Gasteiger partial charge in [0.1, 0.15) is 36.8 Å². The van der Waals surface area contributed by atoms with E-state index >= 15 is 0 Å². The van der Waals surface area contributed by atoms with Crippen LogP contribution in [0.25, 0.3) is 0 Å². The molecular weight excluding hydrogens is 466 g/mol. The first-order valence-electron chi connectivity index (χ1n) is 11.9. The first-order valence-corrected chi connectivity index (χ1v) is 11.9. The van der Waals surface area contributed by atoms with E-state index in [4.69, 9.17) is 18.9 Å². The van der Waals surface area contributed by atoms with Gasteiger partial charge in [-0.2, -0.15) is 0 Å². The van der Waals surface area contributed by atoms with Gasteiger partial charge in [-0.1, -0.05) is 6.07 Å². The predicted octanol–water partition coefficient (Wildman–Crippen LogP) is 2.61. The molecule has 36 heavy (non-hydrogen) atoms. The molecule has 1 N–H and O–H groups in total. The second kappa shape index (κ2) is 9.25. The lowest BCUT2D eigenvalue weighted by Gasteiger charge is -2.28. The molecule has 10 nitrogen and oxygen atoms in total. The molecule has 0 aromatic heterocycles.